The Morgan fingerprint density at radius 1 is 0.857 bits per heavy atom. The Bertz CT molecular complexity index is 1220. The van der Waals surface area contributed by atoms with E-state index in [4.69, 9.17) is 0 Å². The lowest BCUT2D eigenvalue weighted by molar-refractivity contribution is 0.0965. The summed E-state index contributed by atoms with van der Waals surface area (Å²) in [5.41, 5.74) is 2.99. The lowest BCUT2D eigenvalue weighted by Gasteiger charge is -2.11. The fourth-order valence-electron chi connectivity index (χ4n) is 2.96. The standard InChI is InChI=1S/C22H16N2O3S/c25-22-19-10-5-11-21(20(19)15-23-22)24-28(26,27)18-9-4-8-17(14-18)13-12-16-6-2-1-3-7-16/h1-11,14,24H,15H2,(H,23,25). The quantitative estimate of drug-likeness (QED) is 0.677. The molecule has 3 aromatic carbocycles. The molecule has 0 atom stereocenters. The predicted octanol–water partition coefficient (Wildman–Crippen LogP) is 3.13. The van der Waals surface area contributed by atoms with Crippen molar-refractivity contribution in [2.75, 3.05) is 4.72 Å². The van der Waals surface area contributed by atoms with Gasteiger partial charge in [0.25, 0.3) is 15.9 Å². The van der Waals surface area contributed by atoms with Crippen molar-refractivity contribution >= 4 is 21.6 Å². The largest absolute Gasteiger partial charge is 0.348 e. The van der Waals surface area contributed by atoms with Crippen LogP contribution in [0.2, 0.25) is 0 Å². The van der Waals surface area contributed by atoms with E-state index in [0.717, 1.165) is 5.56 Å². The van der Waals surface area contributed by atoms with Crippen molar-refractivity contribution in [3.8, 4) is 11.8 Å². The first-order chi connectivity index (χ1) is 13.5. The van der Waals surface area contributed by atoms with Gasteiger partial charge in [0.15, 0.2) is 0 Å². The molecule has 2 N–H and O–H groups in total. The van der Waals surface area contributed by atoms with Crippen LogP contribution >= 0.6 is 0 Å². The number of anilines is 1. The SMILES string of the molecule is O=C1NCc2c(NS(=O)(=O)c3cccc(C#Cc4ccccc4)c3)cccc21. The van der Waals surface area contributed by atoms with Crippen molar-refractivity contribution in [3.05, 3.63) is 95.1 Å². The Morgan fingerprint density at radius 2 is 1.57 bits per heavy atom. The van der Waals surface area contributed by atoms with Crippen LogP contribution in [0.15, 0.2) is 77.7 Å². The van der Waals surface area contributed by atoms with Crippen LogP contribution in [0, 0.1) is 11.8 Å². The van der Waals surface area contributed by atoms with Gasteiger partial charge in [0.05, 0.1) is 10.6 Å². The molecular weight excluding hydrogens is 372 g/mol. The summed E-state index contributed by atoms with van der Waals surface area (Å²) in [6.45, 7) is 0.301. The number of sulfonamides is 1. The molecule has 1 aliphatic heterocycles. The molecule has 6 heteroatoms. The number of carbonyl (C=O) groups is 1. The van der Waals surface area contributed by atoms with E-state index in [1.165, 1.54) is 12.1 Å². The highest BCUT2D eigenvalue weighted by Gasteiger charge is 2.24. The zero-order chi connectivity index (χ0) is 19.6. The summed E-state index contributed by atoms with van der Waals surface area (Å²) in [4.78, 5) is 11.9. The van der Waals surface area contributed by atoms with Crippen LogP contribution in [0.4, 0.5) is 5.69 Å². The van der Waals surface area contributed by atoms with E-state index in [1.54, 1.807) is 30.3 Å². The van der Waals surface area contributed by atoms with Crippen molar-refractivity contribution in [2.45, 2.75) is 11.4 Å². The monoisotopic (exact) mass is 388 g/mol. The first-order valence-corrected chi connectivity index (χ1v) is 10.1. The maximum absolute atomic E-state index is 12.8. The summed E-state index contributed by atoms with van der Waals surface area (Å²) in [5.74, 6) is 5.81. The van der Waals surface area contributed by atoms with Crippen LogP contribution in [0.25, 0.3) is 0 Å². The summed E-state index contributed by atoms with van der Waals surface area (Å²) < 4.78 is 28.3. The van der Waals surface area contributed by atoms with Crippen molar-refractivity contribution in [1.82, 2.24) is 5.32 Å². The molecule has 0 saturated carbocycles. The number of hydrogen-bond acceptors (Lipinski definition) is 3. The fraction of sp³-hybridized carbons (Fsp3) is 0.0455. The Labute approximate surface area is 163 Å². The minimum atomic E-state index is -3.81. The van der Waals surface area contributed by atoms with E-state index >= 15 is 0 Å². The molecular formula is C22H16N2O3S. The van der Waals surface area contributed by atoms with Crippen molar-refractivity contribution in [3.63, 3.8) is 0 Å². The van der Waals surface area contributed by atoms with Crippen LogP contribution in [0.3, 0.4) is 0 Å². The molecule has 0 spiro atoms. The summed E-state index contributed by atoms with van der Waals surface area (Å²) >= 11 is 0. The minimum Gasteiger partial charge on any atom is -0.348 e. The highest BCUT2D eigenvalue weighted by Crippen LogP contribution is 2.26. The van der Waals surface area contributed by atoms with Gasteiger partial charge in [-0.15, -0.1) is 0 Å². The number of fused-ring (bicyclic) bond motifs is 1. The predicted molar refractivity (Wildman–Crippen MR) is 107 cm³/mol. The van der Waals surface area contributed by atoms with Gasteiger partial charge in [0.1, 0.15) is 0 Å². The molecule has 3 aromatic rings. The van der Waals surface area contributed by atoms with Gasteiger partial charge in [-0.05, 0) is 42.5 Å². The highest BCUT2D eigenvalue weighted by molar-refractivity contribution is 7.92. The van der Waals surface area contributed by atoms with Gasteiger partial charge < -0.3 is 5.32 Å². The molecule has 28 heavy (non-hydrogen) atoms. The van der Waals surface area contributed by atoms with E-state index in [0.29, 0.717) is 28.9 Å². The second-order valence-electron chi connectivity index (χ2n) is 6.26. The zero-order valence-corrected chi connectivity index (χ0v) is 15.6. The van der Waals surface area contributed by atoms with E-state index in [2.05, 4.69) is 21.9 Å². The van der Waals surface area contributed by atoms with Gasteiger partial charge in [-0.3, -0.25) is 9.52 Å². The topological polar surface area (TPSA) is 75.3 Å². The Balaban J connectivity index is 1.63. The first-order valence-electron chi connectivity index (χ1n) is 8.63. The molecule has 5 nitrogen and oxygen atoms in total. The van der Waals surface area contributed by atoms with E-state index in [-0.39, 0.29) is 10.8 Å². The third kappa shape index (κ3) is 3.61. The minimum absolute atomic E-state index is 0.113. The van der Waals surface area contributed by atoms with Gasteiger partial charge in [-0.1, -0.05) is 42.2 Å². The molecule has 1 heterocycles. The van der Waals surface area contributed by atoms with E-state index in [1.807, 2.05) is 30.3 Å². The van der Waals surface area contributed by atoms with Crippen molar-refractivity contribution in [2.24, 2.45) is 0 Å². The van der Waals surface area contributed by atoms with E-state index < -0.39 is 10.0 Å². The number of amides is 1. The third-order valence-electron chi connectivity index (χ3n) is 4.36. The molecule has 0 unspecified atom stereocenters. The Morgan fingerprint density at radius 3 is 2.39 bits per heavy atom. The van der Waals surface area contributed by atoms with Gasteiger partial charge in [0, 0.05) is 28.8 Å². The van der Waals surface area contributed by atoms with Gasteiger partial charge >= 0.3 is 0 Å². The molecule has 4 rings (SSSR count). The summed E-state index contributed by atoms with van der Waals surface area (Å²) in [5, 5.41) is 2.70. The van der Waals surface area contributed by atoms with Crippen LogP contribution in [-0.2, 0) is 16.6 Å². The van der Waals surface area contributed by atoms with Gasteiger partial charge in [-0.2, -0.15) is 0 Å². The molecule has 0 radical (unpaired) electrons. The summed E-state index contributed by atoms with van der Waals surface area (Å²) in [6, 6.07) is 20.9. The van der Waals surface area contributed by atoms with Crippen LogP contribution in [0.1, 0.15) is 27.0 Å². The molecule has 0 aromatic heterocycles. The molecule has 0 aliphatic carbocycles. The Kier molecular flexibility index (Phi) is 4.60. The summed E-state index contributed by atoms with van der Waals surface area (Å²) in [7, 11) is -3.81. The zero-order valence-electron chi connectivity index (χ0n) is 14.8. The van der Waals surface area contributed by atoms with Crippen LogP contribution < -0.4 is 10.0 Å². The molecule has 0 fully saturated rings. The number of carbonyl (C=O) groups excluding carboxylic acids is 1. The first kappa shape index (κ1) is 17.8. The van der Waals surface area contributed by atoms with Gasteiger partial charge in [0.2, 0.25) is 0 Å². The molecule has 0 bridgehead atoms. The van der Waals surface area contributed by atoms with Crippen LogP contribution in [0.5, 0.6) is 0 Å². The lowest BCUT2D eigenvalue weighted by atomic mass is 10.1. The third-order valence-corrected chi connectivity index (χ3v) is 5.72. The van der Waals surface area contributed by atoms with E-state index in [9.17, 15) is 13.2 Å². The second kappa shape index (κ2) is 7.22. The molecule has 1 aliphatic rings. The number of benzene rings is 3. The number of rotatable bonds is 3. The lowest BCUT2D eigenvalue weighted by Crippen LogP contribution is -2.14. The van der Waals surface area contributed by atoms with Crippen LogP contribution in [-0.4, -0.2) is 14.3 Å². The fourth-order valence-corrected chi connectivity index (χ4v) is 4.10. The number of nitrogens with one attached hydrogen (secondary N) is 2. The highest BCUT2D eigenvalue weighted by atomic mass is 32.2. The average Bonchev–Trinajstić information content (AvgIpc) is 3.09. The van der Waals surface area contributed by atoms with Crippen molar-refractivity contribution in [1.29, 1.82) is 0 Å². The molecule has 138 valence electrons. The maximum Gasteiger partial charge on any atom is 0.261 e. The van der Waals surface area contributed by atoms with Gasteiger partial charge in [-0.25, -0.2) is 8.42 Å². The second-order valence-corrected chi connectivity index (χ2v) is 7.95. The van der Waals surface area contributed by atoms with Crippen molar-refractivity contribution < 1.29 is 13.2 Å². The smallest absolute Gasteiger partial charge is 0.261 e. The molecule has 0 saturated heterocycles. The number of hydrogen-bond donors (Lipinski definition) is 2. The summed E-state index contributed by atoms with van der Waals surface area (Å²) in [6.07, 6.45) is 0. The Hall–Kier alpha value is -3.56. The maximum atomic E-state index is 12.8. The average molecular weight is 388 g/mol. The molecule has 1 amide bonds. The normalized spacial score (nSPS) is 12.5.